The van der Waals surface area contributed by atoms with Crippen LogP contribution < -0.4 is 10.6 Å². The summed E-state index contributed by atoms with van der Waals surface area (Å²) >= 11 is 1.33. The molecule has 0 saturated heterocycles. The summed E-state index contributed by atoms with van der Waals surface area (Å²) in [6.45, 7) is 1.46. The first-order valence-electron chi connectivity index (χ1n) is 6.80. The Morgan fingerprint density at radius 1 is 1.13 bits per heavy atom. The predicted molar refractivity (Wildman–Crippen MR) is 88.5 cm³/mol. The Labute approximate surface area is 136 Å². The smallest absolute Gasteiger partial charge is 0.293 e. The molecule has 3 rings (SSSR count). The van der Waals surface area contributed by atoms with Gasteiger partial charge in [-0.2, -0.15) is 0 Å². The van der Waals surface area contributed by atoms with Crippen LogP contribution in [0.4, 0.5) is 10.8 Å². The third kappa shape index (κ3) is 3.64. The molecule has 0 aliphatic rings. The van der Waals surface area contributed by atoms with E-state index in [4.69, 9.17) is 4.42 Å². The molecule has 0 fully saturated rings. The summed E-state index contributed by atoms with van der Waals surface area (Å²) in [5, 5.41) is 7.74. The lowest BCUT2D eigenvalue weighted by Gasteiger charge is -2.02. The van der Waals surface area contributed by atoms with Crippen LogP contribution in [0.15, 0.2) is 52.5 Å². The van der Waals surface area contributed by atoms with Crippen LogP contribution in [0.2, 0.25) is 0 Å². The minimum absolute atomic E-state index is 0.116. The maximum atomic E-state index is 11.9. The van der Waals surface area contributed by atoms with Crippen molar-refractivity contribution in [1.29, 1.82) is 0 Å². The summed E-state index contributed by atoms with van der Waals surface area (Å²) in [4.78, 5) is 27.3. The second-order valence-corrected chi connectivity index (χ2v) is 5.59. The largest absolute Gasteiger partial charge is 0.459 e. The molecule has 0 saturated carbocycles. The number of furan rings is 1. The van der Waals surface area contributed by atoms with Crippen LogP contribution >= 0.6 is 11.3 Å². The molecule has 6 nitrogen and oxygen atoms in total. The lowest BCUT2D eigenvalue weighted by atomic mass is 10.1. The van der Waals surface area contributed by atoms with Crippen molar-refractivity contribution in [2.24, 2.45) is 0 Å². The summed E-state index contributed by atoms with van der Waals surface area (Å²) in [7, 11) is 0. The Morgan fingerprint density at radius 2 is 1.91 bits per heavy atom. The van der Waals surface area contributed by atoms with Gasteiger partial charge in [0.25, 0.3) is 5.91 Å². The summed E-state index contributed by atoms with van der Waals surface area (Å²) in [6.07, 6.45) is 1.44. The van der Waals surface area contributed by atoms with E-state index in [9.17, 15) is 9.59 Å². The van der Waals surface area contributed by atoms with Gasteiger partial charge < -0.3 is 9.73 Å². The monoisotopic (exact) mass is 327 g/mol. The maximum absolute atomic E-state index is 11.9. The molecule has 2 N–H and O–H groups in total. The highest BCUT2D eigenvalue weighted by molar-refractivity contribution is 7.14. The van der Waals surface area contributed by atoms with Gasteiger partial charge in [0, 0.05) is 23.6 Å². The number of nitrogens with one attached hydrogen (secondary N) is 2. The number of amides is 2. The molecule has 2 aromatic heterocycles. The molecule has 3 aromatic rings. The molecule has 116 valence electrons. The number of hydrogen-bond donors (Lipinski definition) is 2. The van der Waals surface area contributed by atoms with Gasteiger partial charge in [0.15, 0.2) is 10.9 Å². The SMILES string of the molecule is CC(=O)Nc1ccc(-c2csc(NC(=O)c3ccco3)n2)cc1. The average molecular weight is 327 g/mol. The average Bonchev–Trinajstić information content (AvgIpc) is 3.18. The van der Waals surface area contributed by atoms with E-state index in [1.165, 1.54) is 24.5 Å². The third-order valence-corrected chi connectivity index (χ3v) is 3.73. The maximum Gasteiger partial charge on any atom is 0.293 e. The molecule has 23 heavy (non-hydrogen) atoms. The summed E-state index contributed by atoms with van der Waals surface area (Å²) < 4.78 is 5.03. The lowest BCUT2D eigenvalue weighted by Crippen LogP contribution is -2.10. The van der Waals surface area contributed by atoms with Crippen molar-refractivity contribution in [3.05, 3.63) is 53.8 Å². The topological polar surface area (TPSA) is 84.2 Å². The van der Waals surface area contributed by atoms with Gasteiger partial charge in [-0.25, -0.2) is 4.98 Å². The number of aromatic nitrogens is 1. The van der Waals surface area contributed by atoms with E-state index in [0.29, 0.717) is 5.13 Å². The van der Waals surface area contributed by atoms with Crippen molar-refractivity contribution in [3.63, 3.8) is 0 Å². The number of benzene rings is 1. The van der Waals surface area contributed by atoms with E-state index in [1.54, 1.807) is 24.3 Å². The van der Waals surface area contributed by atoms with Gasteiger partial charge in [0.2, 0.25) is 5.91 Å². The first-order valence-corrected chi connectivity index (χ1v) is 7.68. The number of thiazole rings is 1. The second kappa shape index (κ2) is 6.45. The van der Waals surface area contributed by atoms with E-state index in [0.717, 1.165) is 16.9 Å². The van der Waals surface area contributed by atoms with Crippen molar-refractivity contribution in [1.82, 2.24) is 4.98 Å². The highest BCUT2D eigenvalue weighted by Crippen LogP contribution is 2.26. The molecule has 0 radical (unpaired) electrons. The van der Waals surface area contributed by atoms with Crippen LogP contribution in [0.25, 0.3) is 11.3 Å². The standard InChI is InChI=1S/C16H13N3O3S/c1-10(20)17-12-6-4-11(5-7-12)13-9-23-16(18-13)19-15(21)14-3-2-8-22-14/h2-9H,1H3,(H,17,20)(H,18,19,21). The number of anilines is 2. The first kappa shape index (κ1) is 15.0. The zero-order valence-corrected chi connectivity index (χ0v) is 13.0. The highest BCUT2D eigenvalue weighted by Gasteiger charge is 2.12. The Hall–Kier alpha value is -2.93. The molecule has 0 unspecified atom stereocenters. The first-order chi connectivity index (χ1) is 11.1. The van der Waals surface area contributed by atoms with Crippen molar-refractivity contribution in [2.75, 3.05) is 10.6 Å². The minimum atomic E-state index is -0.336. The van der Waals surface area contributed by atoms with Gasteiger partial charge in [0.1, 0.15) is 0 Å². The molecule has 2 heterocycles. The molecule has 0 aliphatic carbocycles. The Kier molecular flexibility index (Phi) is 4.20. The zero-order chi connectivity index (χ0) is 16.2. The van der Waals surface area contributed by atoms with Gasteiger partial charge >= 0.3 is 0 Å². The molecule has 0 bridgehead atoms. The summed E-state index contributed by atoms with van der Waals surface area (Å²) in [5.74, 6) is -0.215. The fraction of sp³-hybridized carbons (Fsp3) is 0.0625. The molecular formula is C16H13N3O3S. The van der Waals surface area contributed by atoms with Crippen molar-refractivity contribution >= 4 is 34.0 Å². The Morgan fingerprint density at radius 3 is 2.57 bits per heavy atom. The highest BCUT2D eigenvalue weighted by atomic mass is 32.1. The second-order valence-electron chi connectivity index (χ2n) is 4.73. The number of nitrogens with zero attached hydrogens (tertiary/aromatic N) is 1. The number of carbonyl (C=O) groups excluding carboxylic acids is 2. The van der Waals surface area contributed by atoms with Crippen LogP contribution in [0.5, 0.6) is 0 Å². The number of carbonyl (C=O) groups is 2. The van der Waals surface area contributed by atoms with E-state index >= 15 is 0 Å². The van der Waals surface area contributed by atoms with Crippen LogP contribution in [0.3, 0.4) is 0 Å². The van der Waals surface area contributed by atoms with Gasteiger partial charge in [-0.3, -0.25) is 14.9 Å². The summed E-state index contributed by atoms with van der Waals surface area (Å²) in [5.41, 5.74) is 2.37. The van der Waals surface area contributed by atoms with Gasteiger partial charge in [0.05, 0.1) is 12.0 Å². The van der Waals surface area contributed by atoms with Crippen LogP contribution in [0.1, 0.15) is 17.5 Å². The quantitative estimate of drug-likeness (QED) is 0.766. The Bertz CT molecular complexity index is 823. The summed E-state index contributed by atoms with van der Waals surface area (Å²) in [6, 6.07) is 10.6. The van der Waals surface area contributed by atoms with E-state index in [1.807, 2.05) is 17.5 Å². The third-order valence-electron chi connectivity index (χ3n) is 2.97. The molecule has 1 aromatic carbocycles. The Balaban J connectivity index is 1.71. The molecule has 2 amide bonds. The fourth-order valence-electron chi connectivity index (χ4n) is 1.96. The zero-order valence-electron chi connectivity index (χ0n) is 12.2. The van der Waals surface area contributed by atoms with Crippen molar-refractivity contribution in [3.8, 4) is 11.3 Å². The number of hydrogen-bond acceptors (Lipinski definition) is 5. The molecule has 0 aliphatic heterocycles. The molecule has 7 heteroatoms. The van der Waals surface area contributed by atoms with Crippen molar-refractivity contribution in [2.45, 2.75) is 6.92 Å². The van der Waals surface area contributed by atoms with E-state index in [-0.39, 0.29) is 17.6 Å². The molecule has 0 spiro atoms. The van der Waals surface area contributed by atoms with Crippen molar-refractivity contribution < 1.29 is 14.0 Å². The number of rotatable bonds is 4. The van der Waals surface area contributed by atoms with Crippen LogP contribution in [-0.2, 0) is 4.79 Å². The molecule has 0 atom stereocenters. The normalized spacial score (nSPS) is 10.3. The lowest BCUT2D eigenvalue weighted by molar-refractivity contribution is -0.114. The van der Waals surface area contributed by atoms with E-state index < -0.39 is 0 Å². The fourth-order valence-corrected chi connectivity index (χ4v) is 2.67. The van der Waals surface area contributed by atoms with E-state index in [2.05, 4.69) is 15.6 Å². The van der Waals surface area contributed by atoms with Gasteiger partial charge in [-0.1, -0.05) is 12.1 Å². The predicted octanol–water partition coefficient (Wildman–Crippen LogP) is 3.61. The van der Waals surface area contributed by atoms with Gasteiger partial charge in [-0.05, 0) is 24.3 Å². The molecular weight excluding hydrogens is 314 g/mol. The van der Waals surface area contributed by atoms with Crippen LogP contribution in [0, 0.1) is 0 Å². The minimum Gasteiger partial charge on any atom is -0.459 e. The van der Waals surface area contributed by atoms with Crippen LogP contribution in [-0.4, -0.2) is 16.8 Å². The van der Waals surface area contributed by atoms with Gasteiger partial charge in [-0.15, -0.1) is 11.3 Å².